The van der Waals surface area contributed by atoms with Crippen molar-refractivity contribution in [2.45, 2.75) is 39.3 Å². The molecule has 1 saturated heterocycles. The third-order valence-electron chi connectivity index (χ3n) is 4.39. The molecule has 2 N–H and O–H groups in total. The van der Waals surface area contributed by atoms with Crippen molar-refractivity contribution < 1.29 is 4.74 Å². The predicted molar refractivity (Wildman–Crippen MR) is 97.4 cm³/mol. The molecule has 2 aliphatic rings. The number of rotatable bonds is 6. The zero-order valence-corrected chi connectivity index (χ0v) is 14.8. The molecule has 1 aromatic rings. The first-order chi connectivity index (χ1) is 11.7. The number of nitrogens with zero attached hydrogens (tertiary/aromatic N) is 3. The zero-order chi connectivity index (χ0) is 16.8. The van der Waals surface area contributed by atoms with Gasteiger partial charge in [0.25, 0.3) is 0 Å². The molecule has 1 aliphatic heterocycles. The van der Waals surface area contributed by atoms with Gasteiger partial charge in [0.1, 0.15) is 5.82 Å². The highest BCUT2D eigenvalue weighted by Gasteiger charge is 2.21. The van der Waals surface area contributed by atoms with Crippen molar-refractivity contribution in [2.75, 3.05) is 37.7 Å². The van der Waals surface area contributed by atoms with E-state index in [4.69, 9.17) is 4.74 Å². The van der Waals surface area contributed by atoms with Crippen LogP contribution in [0.3, 0.4) is 0 Å². The lowest BCUT2D eigenvalue weighted by atomic mass is 10.2. The van der Waals surface area contributed by atoms with Gasteiger partial charge in [0.05, 0.1) is 19.3 Å². The molecule has 0 radical (unpaired) electrons. The Morgan fingerprint density at radius 1 is 1.38 bits per heavy atom. The number of aliphatic imine (C=N–C) groups is 1. The van der Waals surface area contributed by atoms with Gasteiger partial charge in [-0.15, -0.1) is 0 Å². The lowest BCUT2D eigenvalue weighted by Crippen LogP contribution is -2.41. The molecule has 3 rings (SSSR count). The first-order valence-electron chi connectivity index (χ1n) is 9.08. The van der Waals surface area contributed by atoms with Crippen molar-refractivity contribution in [2.24, 2.45) is 10.9 Å². The summed E-state index contributed by atoms with van der Waals surface area (Å²) in [5.41, 5.74) is 1.13. The fraction of sp³-hybridized carbons (Fsp3) is 0.667. The van der Waals surface area contributed by atoms with Crippen LogP contribution in [-0.4, -0.2) is 49.8 Å². The standard InChI is InChI=1S/C18H29N5O/c1-3-19-18(21-10-15-4-5-15)22-12-16-6-7-17(20-11-16)23-8-9-24-14(2)13-23/h6-7,11,14-15H,3-5,8-10,12-13H2,1-2H3,(H2,19,21,22). The number of guanidine groups is 1. The number of aromatic nitrogens is 1. The monoisotopic (exact) mass is 331 g/mol. The molecule has 1 aliphatic carbocycles. The van der Waals surface area contributed by atoms with Crippen LogP contribution in [-0.2, 0) is 11.3 Å². The SMILES string of the molecule is CCNC(=NCc1ccc(N2CCOC(C)C2)nc1)NCC1CC1. The second-order valence-electron chi connectivity index (χ2n) is 6.67. The summed E-state index contributed by atoms with van der Waals surface area (Å²) < 4.78 is 5.58. The van der Waals surface area contributed by atoms with E-state index in [2.05, 4.69) is 51.5 Å². The van der Waals surface area contributed by atoms with Crippen molar-refractivity contribution >= 4 is 11.8 Å². The number of nitrogens with one attached hydrogen (secondary N) is 2. The molecule has 2 heterocycles. The Morgan fingerprint density at radius 2 is 2.25 bits per heavy atom. The topological polar surface area (TPSA) is 61.8 Å². The van der Waals surface area contributed by atoms with Gasteiger partial charge >= 0.3 is 0 Å². The largest absolute Gasteiger partial charge is 0.375 e. The summed E-state index contributed by atoms with van der Waals surface area (Å²) in [5, 5.41) is 6.72. The fourth-order valence-electron chi connectivity index (χ4n) is 2.80. The molecule has 132 valence electrons. The number of pyridine rings is 1. The van der Waals surface area contributed by atoms with E-state index in [9.17, 15) is 0 Å². The van der Waals surface area contributed by atoms with Gasteiger partial charge in [0.15, 0.2) is 5.96 Å². The lowest BCUT2D eigenvalue weighted by Gasteiger charge is -2.32. The average molecular weight is 331 g/mol. The molecular formula is C18H29N5O. The first kappa shape index (κ1) is 17.0. The van der Waals surface area contributed by atoms with Crippen LogP contribution >= 0.6 is 0 Å². The van der Waals surface area contributed by atoms with Gasteiger partial charge in [-0.1, -0.05) is 6.07 Å². The van der Waals surface area contributed by atoms with Crippen molar-refractivity contribution in [1.82, 2.24) is 15.6 Å². The van der Waals surface area contributed by atoms with Gasteiger partial charge in [0.2, 0.25) is 0 Å². The summed E-state index contributed by atoms with van der Waals surface area (Å²) in [6.07, 6.45) is 4.89. The van der Waals surface area contributed by atoms with E-state index >= 15 is 0 Å². The van der Waals surface area contributed by atoms with Crippen LogP contribution < -0.4 is 15.5 Å². The van der Waals surface area contributed by atoms with Gasteiger partial charge in [-0.3, -0.25) is 0 Å². The van der Waals surface area contributed by atoms with Crippen LogP contribution in [0.2, 0.25) is 0 Å². The van der Waals surface area contributed by atoms with E-state index in [0.717, 1.165) is 56.0 Å². The van der Waals surface area contributed by atoms with E-state index in [0.29, 0.717) is 6.54 Å². The summed E-state index contributed by atoms with van der Waals surface area (Å²) in [6, 6.07) is 4.21. The molecular weight excluding hydrogens is 302 g/mol. The highest BCUT2D eigenvalue weighted by molar-refractivity contribution is 5.79. The van der Waals surface area contributed by atoms with E-state index in [-0.39, 0.29) is 6.10 Å². The molecule has 0 amide bonds. The van der Waals surface area contributed by atoms with Crippen LogP contribution in [0.1, 0.15) is 32.3 Å². The Balaban J connectivity index is 1.54. The molecule has 1 atom stereocenters. The number of morpholine rings is 1. The molecule has 0 spiro atoms. The smallest absolute Gasteiger partial charge is 0.191 e. The minimum atomic E-state index is 0.269. The number of ether oxygens (including phenoxy) is 1. The summed E-state index contributed by atoms with van der Waals surface area (Å²) >= 11 is 0. The molecule has 2 fully saturated rings. The van der Waals surface area contributed by atoms with Gasteiger partial charge in [-0.2, -0.15) is 0 Å². The van der Waals surface area contributed by atoms with Gasteiger partial charge in [-0.05, 0) is 44.2 Å². The maximum Gasteiger partial charge on any atom is 0.191 e. The van der Waals surface area contributed by atoms with Crippen LogP contribution in [0.15, 0.2) is 23.3 Å². The minimum absolute atomic E-state index is 0.269. The third-order valence-corrected chi connectivity index (χ3v) is 4.39. The van der Waals surface area contributed by atoms with Gasteiger partial charge in [-0.25, -0.2) is 9.98 Å². The Kier molecular flexibility index (Phi) is 5.91. The van der Waals surface area contributed by atoms with Crippen molar-refractivity contribution in [3.8, 4) is 0 Å². The van der Waals surface area contributed by atoms with Crippen LogP contribution in [0.4, 0.5) is 5.82 Å². The van der Waals surface area contributed by atoms with E-state index in [1.54, 1.807) is 0 Å². The van der Waals surface area contributed by atoms with E-state index in [1.165, 1.54) is 12.8 Å². The Bertz CT molecular complexity index is 541. The van der Waals surface area contributed by atoms with Crippen LogP contribution in [0, 0.1) is 5.92 Å². The average Bonchev–Trinajstić information content (AvgIpc) is 3.42. The maximum atomic E-state index is 5.58. The molecule has 1 unspecified atom stereocenters. The summed E-state index contributed by atoms with van der Waals surface area (Å²) in [7, 11) is 0. The lowest BCUT2D eigenvalue weighted by molar-refractivity contribution is 0.0529. The number of hydrogen-bond donors (Lipinski definition) is 2. The number of hydrogen-bond acceptors (Lipinski definition) is 4. The van der Waals surface area contributed by atoms with Crippen molar-refractivity contribution in [3.05, 3.63) is 23.9 Å². The highest BCUT2D eigenvalue weighted by atomic mass is 16.5. The molecule has 0 bridgehead atoms. The first-order valence-corrected chi connectivity index (χ1v) is 9.08. The Morgan fingerprint density at radius 3 is 2.92 bits per heavy atom. The second-order valence-corrected chi connectivity index (χ2v) is 6.67. The highest BCUT2D eigenvalue weighted by Crippen LogP contribution is 2.27. The summed E-state index contributed by atoms with van der Waals surface area (Å²) in [4.78, 5) is 11.5. The molecule has 6 heteroatoms. The maximum absolute atomic E-state index is 5.58. The van der Waals surface area contributed by atoms with Crippen molar-refractivity contribution in [3.63, 3.8) is 0 Å². The number of anilines is 1. The molecule has 1 saturated carbocycles. The van der Waals surface area contributed by atoms with E-state index < -0.39 is 0 Å². The van der Waals surface area contributed by atoms with E-state index in [1.807, 2.05) is 6.20 Å². The quantitative estimate of drug-likeness (QED) is 0.614. The van der Waals surface area contributed by atoms with Gasteiger partial charge in [0, 0.05) is 32.4 Å². The molecule has 24 heavy (non-hydrogen) atoms. The zero-order valence-electron chi connectivity index (χ0n) is 14.8. The summed E-state index contributed by atoms with van der Waals surface area (Å²) in [6.45, 7) is 9.33. The Labute approximate surface area is 144 Å². The summed E-state index contributed by atoms with van der Waals surface area (Å²) in [5.74, 6) is 2.76. The fourth-order valence-corrected chi connectivity index (χ4v) is 2.80. The van der Waals surface area contributed by atoms with Crippen LogP contribution in [0.25, 0.3) is 0 Å². The predicted octanol–water partition coefficient (Wildman–Crippen LogP) is 1.77. The Hall–Kier alpha value is -1.82. The molecule has 1 aromatic heterocycles. The van der Waals surface area contributed by atoms with Gasteiger partial charge < -0.3 is 20.3 Å². The normalized spacial score (nSPS) is 21.7. The second kappa shape index (κ2) is 8.33. The molecule has 0 aromatic carbocycles. The van der Waals surface area contributed by atoms with Crippen LogP contribution in [0.5, 0.6) is 0 Å². The molecule has 6 nitrogen and oxygen atoms in total. The third kappa shape index (κ3) is 5.09. The van der Waals surface area contributed by atoms with Crippen molar-refractivity contribution in [1.29, 1.82) is 0 Å². The minimum Gasteiger partial charge on any atom is -0.375 e.